The average molecular weight is 266 g/mol. The van der Waals surface area contributed by atoms with E-state index in [9.17, 15) is 4.79 Å². The van der Waals surface area contributed by atoms with E-state index < -0.39 is 0 Å². The largest absolute Gasteiger partial charge is 0.397 e. The number of aliphatic hydroxyl groups excluding tert-OH is 1. The van der Waals surface area contributed by atoms with E-state index in [4.69, 9.17) is 10.8 Å². The van der Waals surface area contributed by atoms with E-state index in [1.807, 2.05) is 18.2 Å². The van der Waals surface area contributed by atoms with Crippen LogP contribution in [0.15, 0.2) is 24.3 Å². The van der Waals surface area contributed by atoms with Crippen LogP contribution >= 0.6 is 11.8 Å². The number of hydrogen-bond acceptors (Lipinski definition) is 4. The number of hydrogen-bond donors (Lipinski definition) is 2. The van der Waals surface area contributed by atoms with Crippen LogP contribution in [0, 0.1) is 5.92 Å². The highest BCUT2D eigenvalue weighted by Crippen LogP contribution is 2.29. The molecule has 18 heavy (non-hydrogen) atoms. The molecule has 0 spiro atoms. The number of benzene rings is 1. The van der Waals surface area contributed by atoms with Crippen LogP contribution in [-0.4, -0.2) is 35.7 Å². The van der Waals surface area contributed by atoms with Crippen molar-refractivity contribution in [1.82, 2.24) is 0 Å². The number of aliphatic hydroxyl groups is 1. The number of nitrogen functional groups attached to an aromatic ring is 1. The molecule has 1 amide bonds. The van der Waals surface area contributed by atoms with Gasteiger partial charge in [0.2, 0.25) is 5.91 Å². The summed E-state index contributed by atoms with van der Waals surface area (Å²) >= 11 is 1.80. The Morgan fingerprint density at radius 3 is 2.89 bits per heavy atom. The molecule has 0 aliphatic carbocycles. The van der Waals surface area contributed by atoms with Crippen molar-refractivity contribution in [2.75, 3.05) is 35.3 Å². The number of nitrogens with two attached hydrogens (primary N) is 1. The number of thioether (sulfide) groups is 1. The van der Waals surface area contributed by atoms with Gasteiger partial charge in [-0.15, -0.1) is 0 Å². The molecule has 1 fully saturated rings. The Bertz CT molecular complexity index is 419. The molecule has 0 bridgehead atoms. The van der Waals surface area contributed by atoms with Crippen molar-refractivity contribution in [2.45, 2.75) is 6.42 Å². The van der Waals surface area contributed by atoms with Gasteiger partial charge < -0.3 is 15.7 Å². The molecule has 1 aliphatic rings. The molecule has 1 heterocycles. The molecular weight excluding hydrogens is 248 g/mol. The summed E-state index contributed by atoms with van der Waals surface area (Å²) in [6.45, 7) is 0.244. The number of carbonyl (C=O) groups excluding carboxylic acids is 1. The Hall–Kier alpha value is -1.20. The summed E-state index contributed by atoms with van der Waals surface area (Å²) in [6.07, 6.45) is 0.915. The number of anilines is 2. The van der Waals surface area contributed by atoms with Crippen molar-refractivity contribution in [1.29, 1.82) is 0 Å². The lowest BCUT2D eigenvalue weighted by molar-refractivity contribution is -0.121. The van der Waals surface area contributed by atoms with E-state index in [0.717, 1.165) is 17.9 Å². The van der Waals surface area contributed by atoms with Crippen LogP contribution in [0.25, 0.3) is 0 Å². The molecule has 1 aliphatic heterocycles. The Balaban J connectivity index is 2.22. The fourth-order valence-corrected chi connectivity index (χ4v) is 3.34. The van der Waals surface area contributed by atoms with E-state index in [1.165, 1.54) is 0 Å². The predicted octanol–water partition coefficient (Wildman–Crippen LogP) is 1.35. The van der Waals surface area contributed by atoms with Crippen molar-refractivity contribution < 1.29 is 9.90 Å². The number of carbonyl (C=O) groups is 1. The third-order valence-electron chi connectivity index (χ3n) is 3.10. The number of rotatable bonds is 4. The van der Waals surface area contributed by atoms with Gasteiger partial charge in [0, 0.05) is 18.2 Å². The normalized spacial score (nSPS) is 18.8. The highest BCUT2D eigenvalue weighted by molar-refractivity contribution is 7.99. The fourth-order valence-electron chi connectivity index (χ4n) is 2.13. The fraction of sp³-hybridized carbons (Fsp3) is 0.462. The van der Waals surface area contributed by atoms with Crippen molar-refractivity contribution >= 4 is 29.0 Å². The molecule has 1 saturated heterocycles. The smallest absolute Gasteiger partial charge is 0.231 e. The molecule has 1 aromatic carbocycles. The number of nitrogens with zero attached hydrogens (tertiary/aromatic N) is 1. The SMILES string of the molecule is Nc1ccccc1N(CCO)C(=O)C1CCSC1. The van der Waals surface area contributed by atoms with E-state index in [2.05, 4.69) is 0 Å². The van der Waals surface area contributed by atoms with Crippen molar-refractivity contribution in [3.8, 4) is 0 Å². The molecule has 1 aromatic rings. The first-order valence-corrected chi connectivity index (χ1v) is 7.24. The van der Waals surface area contributed by atoms with Gasteiger partial charge in [-0.2, -0.15) is 11.8 Å². The summed E-state index contributed by atoms with van der Waals surface area (Å²) in [6, 6.07) is 7.29. The average Bonchev–Trinajstić information content (AvgIpc) is 2.90. The molecule has 1 unspecified atom stereocenters. The zero-order valence-corrected chi connectivity index (χ0v) is 11.0. The molecule has 98 valence electrons. The zero-order valence-electron chi connectivity index (χ0n) is 10.2. The van der Waals surface area contributed by atoms with Crippen LogP contribution in [0.2, 0.25) is 0 Å². The third-order valence-corrected chi connectivity index (χ3v) is 4.26. The maximum absolute atomic E-state index is 12.4. The summed E-state index contributed by atoms with van der Waals surface area (Å²) in [5.41, 5.74) is 7.18. The molecule has 0 saturated carbocycles. The predicted molar refractivity (Wildman–Crippen MR) is 75.7 cm³/mol. The summed E-state index contributed by atoms with van der Waals surface area (Å²) in [4.78, 5) is 14.1. The third kappa shape index (κ3) is 2.79. The molecule has 1 atom stereocenters. The Kier molecular flexibility index (Phi) is 4.49. The van der Waals surface area contributed by atoms with E-state index in [-0.39, 0.29) is 18.4 Å². The lowest BCUT2D eigenvalue weighted by atomic mass is 10.1. The molecular formula is C13H18N2O2S. The maximum Gasteiger partial charge on any atom is 0.231 e. The Labute approximate surface area is 111 Å². The number of amides is 1. The summed E-state index contributed by atoms with van der Waals surface area (Å²) in [5.74, 6) is 2.04. The lowest BCUT2D eigenvalue weighted by Gasteiger charge is -2.26. The first-order valence-electron chi connectivity index (χ1n) is 6.08. The van der Waals surface area contributed by atoms with Gasteiger partial charge in [0.15, 0.2) is 0 Å². The Morgan fingerprint density at radius 1 is 1.50 bits per heavy atom. The molecule has 4 nitrogen and oxygen atoms in total. The summed E-state index contributed by atoms with van der Waals surface area (Å²) in [5, 5.41) is 9.14. The summed E-state index contributed by atoms with van der Waals surface area (Å²) in [7, 11) is 0. The second-order valence-corrected chi connectivity index (χ2v) is 5.48. The highest BCUT2D eigenvalue weighted by Gasteiger charge is 2.28. The van der Waals surface area contributed by atoms with Gasteiger partial charge in [0.25, 0.3) is 0 Å². The van der Waals surface area contributed by atoms with Crippen LogP contribution in [0.5, 0.6) is 0 Å². The van der Waals surface area contributed by atoms with Crippen LogP contribution in [0.1, 0.15) is 6.42 Å². The molecule has 3 N–H and O–H groups in total. The van der Waals surface area contributed by atoms with Crippen molar-refractivity contribution in [3.05, 3.63) is 24.3 Å². The molecule has 0 radical (unpaired) electrons. The first kappa shape index (κ1) is 13.2. The molecule has 5 heteroatoms. The van der Waals surface area contributed by atoms with E-state index >= 15 is 0 Å². The van der Waals surface area contributed by atoms with Crippen LogP contribution in [0.3, 0.4) is 0 Å². The van der Waals surface area contributed by atoms with Crippen LogP contribution in [0.4, 0.5) is 11.4 Å². The monoisotopic (exact) mass is 266 g/mol. The van der Waals surface area contributed by atoms with Crippen molar-refractivity contribution in [2.24, 2.45) is 5.92 Å². The zero-order chi connectivity index (χ0) is 13.0. The minimum Gasteiger partial charge on any atom is -0.397 e. The highest BCUT2D eigenvalue weighted by atomic mass is 32.2. The lowest BCUT2D eigenvalue weighted by Crippen LogP contribution is -2.38. The minimum atomic E-state index is -0.0556. The van der Waals surface area contributed by atoms with E-state index in [0.29, 0.717) is 17.9 Å². The van der Waals surface area contributed by atoms with E-state index in [1.54, 1.807) is 22.7 Å². The van der Waals surface area contributed by atoms with Gasteiger partial charge in [-0.3, -0.25) is 4.79 Å². The second-order valence-electron chi connectivity index (χ2n) is 4.33. The van der Waals surface area contributed by atoms with Gasteiger partial charge in [0.1, 0.15) is 0 Å². The van der Waals surface area contributed by atoms with Gasteiger partial charge in [-0.1, -0.05) is 12.1 Å². The topological polar surface area (TPSA) is 66.6 Å². The van der Waals surface area contributed by atoms with Gasteiger partial charge in [-0.25, -0.2) is 0 Å². The first-order chi connectivity index (χ1) is 8.74. The minimum absolute atomic E-state index is 0.0556. The number of para-hydroxylation sites is 2. The van der Waals surface area contributed by atoms with Crippen LogP contribution in [-0.2, 0) is 4.79 Å². The standard InChI is InChI=1S/C13H18N2O2S/c14-11-3-1-2-4-12(11)15(6-7-16)13(17)10-5-8-18-9-10/h1-4,10,16H,5-9,14H2. The van der Waals surface area contributed by atoms with Crippen LogP contribution < -0.4 is 10.6 Å². The molecule has 0 aromatic heterocycles. The maximum atomic E-state index is 12.4. The van der Waals surface area contributed by atoms with Crippen molar-refractivity contribution in [3.63, 3.8) is 0 Å². The summed E-state index contributed by atoms with van der Waals surface area (Å²) < 4.78 is 0. The quantitative estimate of drug-likeness (QED) is 0.807. The second kappa shape index (κ2) is 6.11. The van der Waals surface area contributed by atoms with Gasteiger partial charge in [0.05, 0.1) is 18.0 Å². The Morgan fingerprint density at radius 2 is 2.28 bits per heavy atom. The van der Waals surface area contributed by atoms with Gasteiger partial charge in [-0.05, 0) is 24.3 Å². The molecule has 2 rings (SSSR count). The van der Waals surface area contributed by atoms with Gasteiger partial charge >= 0.3 is 0 Å².